The normalized spacial score (nSPS) is 22.9. The summed E-state index contributed by atoms with van der Waals surface area (Å²) in [4.78, 5) is 4.11. The SMILES string of the molecule is FC(F)(F)Oc1cccc([C@@]2(CCNCc3cncc(Cl)c3)CCOC3(CCCC3)C2)c1. The summed E-state index contributed by atoms with van der Waals surface area (Å²) in [5.74, 6) is -0.167. The van der Waals surface area contributed by atoms with Crippen molar-refractivity contribution < 1.29 is 22.6 Å². The first-order valence-corrected chi connectivity index (χ1v) is 11.5. The predicted molar refractivity (Wildman–Crippen MR) is 117 cm³/mol. The van der Waals surface area contributed by atoms with Gasteiger partial charge < -0.3 is 14.8 Å². The van der Waals surface area contributed by atoms with Crippen molar-refractivity contribution in [3.05, 3.63) is 58.9 Å². The van der Waals surface area contributed by atoms with E-state index < -0.39 is 6.36 Å². The summed E-state index contributed by atoms with van der Waals surface area (Å²) >= 11 is 6.02. The summed E-state index contributed by atoms with van der Waals surface area (Å²) in [5.41, 5.74) is 1.44. The van der Waals surface area contributed by atoms with Crippen molar-refractivity contribution in [2.24, 2.45) is 0 Å². The largest absolute Gasteiger partial charge is 0.573 e. The Labute approximate surface area is 191 Å². The Morgan fingerprint density at radius 2 is 1.94 bits per heavy atom. The highest BCUT2D eigenvalue weighted by atomic mass is 35.5. The van der Waals surface area contributed by atoms with E-state index in [1.807, 2.05) is 12.1 Å². The van der Waals surface area contributed by atoms with E-state index in [1.165, 1.54) is 6.07 Å². The highest BCUT2D eigenvalue weighted by Gasteiger charge is 2.47. The molecule has 1 N–H and O–H groups in total. The van der Waals surface area contributed by atoms with E-state index in [1.54, 1.807) is 24.5 Å². The minimum Gasteiger partial charge on any atom is -0.406 e. The van der Waals surface area contributed by atoms with Gasteiger partial charge in [-0.2, -0.15) is 0 Å². The predicted octanol–water partition coefficient (Wildman–Crippen LogP) is 6.17. The maximum Gasteiger partial charge on any atom is 0.573 e. The average Bonchev–Trinajstić information content (AvgIpc) is 3.17. The number of pyridine rings is 1. The molecule has 0 amide bonds. The van der Waals surface area contributed by atoms with Gasteiger partial charge in [0, 0.05) is 31.0 Å². The summed E-state index contributed by atoms with van der Waals surface area (Å²) < 4.78 is 48.9. The second-order valence-corrected chi connectivity index (χ2v) is 9.40. The van der Waals surface area contributed by atoms with Gasteiger partial charge in [0.2, 0.25) is 0 Å². The highest BCUT2D eigenvalue weighted by Crippen LogP contribution is 2.50. The maximum atomic E-state index is 12.8. The zero-order chi connectivity index (χ0) is 22.7. The number of aromatic nitrogens is 1. The molecule has 1 aromatic carbocycles. The van der Waals surface area contributed by atoms with Crippen molar-refractivity contribution >= 4 is 11.6 Å². The van der Waals surface area contributed by atoms with E-state index in [0.29, 0.717) is 24.7 Å². The Balaban J connectivity index is 1.53. The Bertz CT molecular complexity index is 918. The van der Waals surface area contributed by atoms with E-state index in [9.17, 15) is 13.2 Å². The van der Waals surface area contributed by atoms with E-state index in [0.717, 1.165) is 56.1 Å². The zero-order valence-electron chi connectivity index (χ0n) is 17.9. The lowest BCUT2D eigenvalue weighted by Gasteiger charge is -2.47. The third-order valence-electron chi connectivity index (χ3n) is 6.72. The molecule has 1 aliphatic carbocycles. The fourth-order valence-electron chi connectivity index (χ4n) is 5.30. The van der Waals surface area contributed by atoms with Gasteiger partial charge in [-0.25, -0.2) is 0 Å². The molecule has 174 valence electrons. The average molecular weight is 469 g/mol. The third kappa shape index (κ3) is 5.74. The van der Waals surface area contributed by atoms with Gasteiger partial charge in [0.15, 0.2) is 0 Å². The number of hydrogen-bond donors (Lipinski definition) is 1. The number of nitrogens with zero attached hydrogens (tertiary/aromatic N) is 1. The van der Waals surface area contributed by atoms with Crippen molar-refractivity contribution in [1.29, 1.82) is 0 Å². The monoisotopic (exact) mass is 468 g/mol. The lowest BCUT2D eigenvalue weighted by Crippen LogP contribution is -2.47. The van der Waals surface area contributed by atoms with Crippen LogP contribution in [-0.4, -0.2) is 30.1 Å². The van der Waals surface area contributed by atoms with Crippen molar-refractivity contribution in [3.63, 3.8) is 0 Å². The first kappa shape index (κ1) is 23.3. The van der Waals surface area contributed by atoms with E-state index in [4.69, 9.17) is 16.3 Å². The molecule has 2 aromatic rings. The van der Waals surface area contributed by atoms with Crippen molar-refractivity contribution in [2.75, 3.05) is 13.2 Å². The summed E-state index contributed by atoms with van der Waals surface area (Å²) in [5, 5.41) is 4.04. The van der Waals surface area contributed by atoms with Gasteiger partial charge in [0.1, 0.15) is 5.75 Å². The van der Waals surface area contributed by atoms with Gasteiger partial charge in [0.25, 0.3) is 0 Å². The molecule has 1 spiro atoms. The van der Waals surface area contributed by atoms with Crippen LogP contribution in [0.2, 0.25) is 5.02 Å². The van der Waals surface area contributed by atoms with E-state index >= 15 is 0 Å². The van der Waals surface area contributed by atoms with Crippen LogP contribution in [0.5, 0.6) is 5.75 Å². The Kier molecular flexibility index (Phi) is 6.98. The van der Waals surface area contributed by atoms with E-state index in [2.05, 4.69) is 15.0 Å². The molecule has 0 bridgehead atoms. The number of nitrogens with one attached hydrogen (secondary N) is 1. The Morgan fingerprint density at radius 3 is 2.69 bits per heavy atom. The third-order valence-corrected chi connectivity index (χ3v) is 6.92. The van der Waals surface area contributed by atoms with Crippen LogP contribution in [0.3, 0.4) is 0 Å². The first-order chi connectivity index (χ1) is 15.3. The van der Waals surface area contributed by atoms with Gasteiger partial charge in [-0.3, -0.25) is 4.98 Å². The van der Waals surface area contributed by atoms with Crippen molar-refractivity contribution in [2.45, 2.75) is 68.9 Å². The zero-order valence-corrected chi connectivity index (χ0v) is 18.6. The molecule has 2 aliphatic rings. The standard InChI is InChI=1S/C24H28ClF3N2O2/c25-20-12-18(15-30-16-20)14-29-10-8-22(9-11-31-23(17-22)6-1-2-7-23)19-4-3-5-21(13-19)32-24(26,27)28/h3-5,12-13,15-16,29H,1-2,6-11,14,17H2/t22-/m0/s1. The van der Waals surface area contributed by atoms with Gasteiger partial charge in [-0.1, -0.05) is 36.6 Å². The molecule has 8 heteroatoms. The van der Waals surface area contributed by atoms with Crippen LogP contribution >= 0.6 is 11.6 Å². The fourth-order valence-corrected chi connectivity index (χ4v) is 5.50. The number of halogens is 4. The summed E-state index contributed by atoms with van der Waals surface area (Å²) in [6.07, 6.45) is 5.32. The molecule has 0 unspecified atom stereocenters. The topological polar surface area (TPSA) is 43.4 Å². The number of rotatable bonds is 7. The number of hydrogen-bond acceptors (Lipinski definition) is 4. The molecule has 4 nitrogen and oxygen atoms in total. The summed E-state index contributed by atoms with van der Waals surface area (Å²) in [6, 6.07) is 8.37. The second kappa shape index (κ2) is 9.57. The van der Waals surface area contributed by atoms with Crippen molar-refractivity contribution in [3.8, 4) is 5.75 Å². The minimum atomic E-state index is -4.71. The van der Waals surface area contributed by atoms with Crippen LogP contribution in [-0.2, 0) is 16.7 Å². The molecule has 4 rings (SSSR count). The van der Waals surface area contributed by atoms with E-state index in [-0.39, 0.29) is 16.8 Å². The molecular formula is C24H28ClF3N2O2. The summed E-state index contributed by atoms with van der Waals surface area (Å²) in [6.45, 7) is 1.96. The molecule has 1 saturated carbocycles. The van der Waals surface area contributed by atoms with Crippen LogP contribution in [0, 0.1) is 0 Å². The van der Waals surface area contributed by atoms with Crippen LogP contribution in [0.15, 0.2) is 42.7 Å². The van der Waals surface area contributed by atoms with Gasteiger partial charge in [-0.05, 0) is 68.0 Å². The van der Waals surface area contributed by atoms with Gasteiger partial charge >= 0.3 is 6.36 Å². The molecule has 32 heavy (non-hydrogen) atoms. The van der Waals surface area contributed by atoms with Crippen LogP contribution in [0.25, 0.3) is 0 Å². The van der Waals surface area contributed by atoms with Gasteiger partial charge in [0.05, 0.1) is 10.6 Å². The van der Waals surface area contributed by atoms with Gasteiger partial charge in [-0.15, -0.1) is 13.2 Å². The smallest absolute Gasteiger partial charge is 0.406 e. The lowest BCUT2D eigenvalue weighted by atomic mass is 9.66. The van der Waals surface area contributed by atoms with Crippen LogP contribution in [0.1, 0.15) is 56.1 Å². The Morgan fingerprint density at radius 1 is 1.12 bits per heavy atom. The summed E-state index contributed by atoms with van der Waals surface area (Å²) in [7, 11) is 0. The number of ether oxygens (including phenoxy) is 2. The second-order valence-electron chi connectivity index (χ2n) is 8.96. The fraction of sp³-hybridized carbons (Fsp3) is 0.542. The maximum absolute atomic E-state index is 12.8. The first-order valence-electron chi connectivity index (χ1n) is 11.1. The quantitative estimate of drug-likeness (QED) is 0.493. The number of alkyl halides is 3. The Hall–Kier alpha value is -1.83. The highest BCUT2D eigenvalue weighted by molar-refractivity contribution is 6.30. The molecule has 1 saturated heterocycles. The van der Waals surface area contributed by atoms with Crippen LogP contribution in [0.4, 0.5) is 13.2 Å². The molecule has 1 atom stereocenters. The molecule has 1 aliphatic heterocycles. The lowest BCUT2D eigenvalue weighted by molar-refractivity contribution is -0.274. The van der Waals surface area contributed by atoms with Crippen LogP contribution < -0.4 is 10.1 Å². The minimum absolute atomic E-state index is 0.167. The molecule has 2 fully saturated rings. The molecule has 0 radical (unpaired) electrons. The molecule has 1 aromatic heterocycles. The van der Waals surface area contributed by atoms with Crippen molar-refractivity contribution in [1.82, 2.24) is 10.3 Å². The molecular weight excluding hydrogens is 441 g/mol. The number of benzene rings is 1. The molecule has 2 heterocycles.